The van der Waals surface area contributed by atoms with Crippen molar-refractivity contribution in [2.75, 3.05) is 13.7 Å². The number of allylic oxidation sites excluding steroid dienone is 1. The lowest BCUT2D eigenvalue weighted by atomic mass is 10.2. The van der Waals surface area contributed by atoms with Gasteiger partial charge in [-0.2, -0.15) is 0 Å². The largest absolute Gasteiger partial charge is 0.496 e. The number of carbonyl (C=O) groups is 1. The summed E-state index contributed by atoms with van der Waals surface area (Å²) in [6.45, 7) is 4.64. The molecule has 0 radical (unpaired) electrons. The van der Waals surface area contributed by atoms with Gasteiger partial charge in [0.1, 0.15) is 5.76 Å². The molecule has 0 aromatic rings. The fraction of sp³-hybridized carbons (Fsp3) is 0.700. The van der Waals surface area contributed by atoms with Gasteiger partial charge in [-0.15, -0.1) is 0 Å². The normalized spacial score (nSPS) is 15.9. The van der Waals surface area contributed by atoms with Gasteiger partial charge in [0.15, 0.2) is 0 Å². The van der Waals surface area contributed by atoms with Crippen LogP contribution < -0.4 is 0 Å². The van der Waals surface area contributed by atoms with Gasteiger partial charge in [-0.1, -0.05) is 13.8 Å². The smallest absolute Gasteiger partial charge is 0.226 e. The fourth-order valence-corrected chi connectivity index (χ4v) is 1.54. The van der Waals surface area contributed by atoms with Crippen LogP contribution in [-0.2, 0) is 9.53 Å². The van der Waals surface area contributed by atoms with Crippen LogP contribution in [-0.4, -0.2) is 24.5 Å². The lowest BCUT2D eigenvalue weighted by Crippen LogP contribution is -2.25. The fourth-order valence-electron chi connectivity index (χ4n) is 1.54. The minimum atomic E-state index is 0.159. The predicted molar refractivity (Wildman–Crippen MR) is 50.9 cm³/mol. The maximum atomic E-state index is 11.4. The molecule has 0 atom stereocenters. The second-order valence-corrected chi connectivity index (χ2v) is 3.13. The van der Waals surface area contributed by atoms with Crippen molar-refractivity contribution < 1.29 is 9.53 Å². The zero-order chi connectivity index (χ0) is 9.84. The molecule has 1 heterocycles. The molecule has 0 saturated heterocycles. The molecule has 0 saturated carbocycles. The first-order valence-corrected chi connectivity index (χ1v) is 4.82. The molecule has 13 heavy (non-hydrogen) atoms. The van der Waals surface area contributed by atoms with E-state index in [0.29, 0.717) is 6.42 Å². The highest BCUT2D eigenvalue weighted by molar-refractivity contribution is 5.77. The molecule has 3 nitrogen and oxygen atoms in total. The Kier molecular flexibility index (Phi) is 3.34. The summed E-state index contributed by atoms with van der Waals surface area (Å²) < 4.78 is 5.42. The second-order valence-electron chi connectivity index (χ2n) is 3.13. The van der Waals surface area contributed by atoms with Crippen LogP contribution in [0.25, 0.3) is 0 Å². The molecule has 0 aliphatic carbocycles. The van der Waals surface area contributed by atoms with Crippen LogP contribution in [0.1, 0.15) is 33.1 Å². The molecule has 0 aromatic carbocycles. The molecule has 0 N–H and O–H groups in total. The van der Waals surface area contributed by atoms with E-state index in [2.05, 4.69) is 0 Å². The summed E-state index contributed by atoms with van der Waals surface area (Å²) in [6.07, 6.45) is 2.29. The standard InChI is InChI=1S/C10H17NO2/c1-4-9-8(6-7-13-9)11(3)10(12)5-2/h4-7H2,1-3H3. The van der Waals surface area contributed by atoms with Gasteiger partial charge >= 0.3 is 0 Å². The lowest BCUT2D eigenvalue weighted by molar-refractivity contribution is -0.127. The zero-order valence-electron chi connectivity index (χ0n) is 8.59. The van der Waals surface area contributed by atoms with Crippen molar-refractivity contribution in [2.24, 2.45) is 0 Å². The third-order valence-electron chi connectivity index (χ3n) is 2.34. The first kappa shape index (κ1) is 10.1. The van der Waals surface area contributed by atoms with E-state index in [1.807, 2.05) is 20.9 Å². The highest BCUT2D eigenvalue weighted by Crippen LogP contribution is 2.24. The van der Waals surface area contributed by atoms with Crippen LogP contribution in [0.2, 0.25) is 0 Å². The number of hydrogen-bond donors (Lipinski definition) is 0. The van der Waals surface area contributed by atoms with E-state index in [1.54, 1.807) is 4.90 Å². The number of hydrogen-bond acceptors (Lipinski definition) is 2. The van der Waals surface area contributed by atoms with E-state index in [9.17, 15) is 4.79 Å². The number of nitrogens with zero attached hydrogens (tertiary/aromatic N) is 1. The van der Waals surface area contributed by atoms with Gasteiger partial charge in [0.25, 0.3) is 0 Å². The molecule has 0 unspecified atom stereocenters. The van der Waals surface area contributed by atoms with E-state index in [-0.39, 0.29) is 5.91 Å². The summed E-state index contributed by atoms with van der Waals surface area (Å²) in [5.74, 6) is 1.13. The summed E-state index contributed by atoms with van der Waals surface area (Å²) >= 11 is 0. The van der Waals surface area contributed by atoms with Crippen molar-refractivity contribution in [3.8, 4) is 0 Å². The number of ether oxygens (including phenoxy) is 1. The lowest BCUT2D eigenvalue weighted by Gasteiger charge is -2.17. The van der Waals surface area contributed by atoms with E-state index in [0.717, 1.165) is 30.9 Å². The van der Waals surface area contributed by atoms with Crippen LogP contribution in [0.4, 0.5) is 0 Å². The summed E-state index contributed by atoms with van der Waals surface area (Å²) in [4.78, 5) is 13.1. The minimum absolute atomic E-state index is 0.159. The molecule has 1 amide bonds. The van der Waals surface area contributed by atoms with E-state index >= 15 is 0 Å². The number of amides is 1. The zero-order valence-corrected chi connectivity index (χ0v) is 8.59. The molecule has 0 spiro atoms. The van der Waals surface area contributed by atoms with Crippen molar-refractivity contribution >= 4 is 5.91 Å². The van der Waals surface area contributed by atoms with Crippen LogP contribution in [0, 0.1) is 0 Å². The maximum absolute atomic E-state index is 11.4. The average Bonchev–Trinajstić information content (AvgIpc) is 2.62. The van der Waals surface area contributed by atoms with Crippen molar-refractivity contribution in [3.63, 3.8) is 0 Å². The molecular formula is C10H17NO2. The van der Waals surface area contributed by atoms with Crippen LogP contribution in [0.5, 0.6) is 0 Å². The Bertz CT molecular complexity index is 233. The van der Waals surface area contributed by atoms with Crippen LogP contribution >= 0.6 is 0 Å². The van der Waals surface area contributed by atoms with E-state index < -0.39 is 0 Å². The van der Waals surface area contributed by atoms with Gasteiger partial charge in [0.05, 0.1) is 12.3 Å². The van der Waals surface area contributed by atoms with Gasteiger partial charge in [0.2, 0.25) is 5.91 Å². The third-order valence-corrected chi connectivity index (χ3v) is 2.34. The Labute approximate surface area is 79.4 Å². The van der Waals surface area contributed by atoms with Crippen molar-refractivity contribution in [2.45, 2.75) is 33.1 Å². The molecule has 1 rings (SSSR count). The van der Waals surface area contributed by atoms with Gasteiger partial charge in [-0.25, -0.2) is 0 Å². The Morgan fingerprint density at radius 3 is 2.77 bits per heavy atom. The molecule has 0 fully saturated rings. The SMILES string of the molecule is CCC(=O)N(C)C1=C(CC)OCC1. The third kappa shape index (κ3) is 2.02. The Morgan fingerprint density at radius 2 is 2.23 bits per heavy atom. The van der Waals surface area contributed by atoms with Gasteiger partial charge in [-0.3, -0.25) is 4.79 Å². The molecule has 0 bridgehead atoms. The van der Waals surface area contributed by atoms with E-state index in [1.165, 1.54) is 0 Å². The first-order chi connectivity index (χ1) is 6.20. The van der Waals surface area contributed by atoms with Gasteiger partial charge in [-0.05, 0) is 0 Å². The average molecular weight is 183 g/mol. The van der Waals surface area contributed by atoms with Crippen molar-refractivity contribution in [1.29, 1.82) is 0 Å². The second kappa shape index (κ2) is 4.30. The highest BCUT2D eigenvalue weighted by Gasteiger charge is 2.20. The molecule has 74 valence electrons. The Morgan fingerprint density at radius 1 is 1.54 bits per heavy atom. The van der Waals surface area contributed by atoms with Crippen LogP contribution in [0.3, 0.4) is 0 Å². The first-order valence-electron chi connectivity index (χ1n) is 4.82. The minimum Gasteiger partial charge on any atom is -0.496 e. The monoisotopic (exact) mass is 183 g/mol. The molecule has 3 heteroatoms. The molecule has 0 aromatic heterocycles. The van der Waals surface area contributed by atoms with Crippen molar-refractivity contribution in [1.82, 2.24) is 4.90 Å². The quantitative estimate of drug-likeness (QED) is 0.668. The number of rotatable bonds is 3. The van der Waals surface area contributed by atoms with E-state index in [4.69, 9.17) is 4.74 Å². The van der Waals surface area contributed by atoms with Gasteiger partial charge in [0, 0.05) is 26.3 Å². The van der Waals surface area contributed by atoms with Gasteiger partial charge < -0.3 is 9.64 Å². The molecule has 1 aliphatic rings. The Balaban J connectivity index is 2.74. The number of carbonyl (C=O) groups excluding carboxylic acids is 1. The topological polar surface area (TPSA) is 29.5 Å². The summed E-state index contributed by atoms with van der Waals surface area (Å²) in [6, 6.07) is 0. The maximum Gasteiger partial charge on any atom is 0.226 e. The Hall–Kier alpha value is -0.990. The molecular weight excluding hydrogens is 166 g/mol. The summed E-state index contributed by atoms with van der Waals surface area (Å²) in [7, 11) is 1.82. The van der Waals surface area contributed by atoms with Crippen molar-refractivity contribution in [3.05, 3.63) is 11.5 Å². The predicted octanol–water partition coefficient (Wildman–Crippen LogP) is 1.90. The highest BCUT2D eigenvalue weighted by atomic mass is 16.5. The molecule has 1 aliphatic heterocycles. The summed E-state index contributed by atoms with van der Waals surface area (Å²) in [5.41, 5.74) is 1.06. The van der Waals surface area contributed by atoms with Crippen LogP contribution in [0.15, 0.2) is 11.5 Å². The summed E-state index contributed by atoms with van der Waals surface area (Å²) in [5, 5.41) is 0.